The molecule has 0 aromatic rings. The summed E-state index contributed by atoms with van der Waals surface area (Å²) in [6.07, 6.45) is 3.55. The molecule has 76 valence electrons. The van der Waals surface area contributed by atoms with Crippen molar-refractivity contribution in [2.24, 2.45) is 0 Å². The predicted octanol–water partition coefficient (Wildman–Crippen LogP) is 0.537. The third kappa shape index (κ3) is 2.74. The molecule has 2 rings (SSSR count). The van der Waals surface area contributed by atoms with Gasteiger partial charge in [0.05, 0.1) is 5.70 Å². The Morgan fingerprint density at radius 1 is 1.57 bits per heavy atom. The van der Waals surface area contributed by atoms with E-state index in [1.54, 1.807) is 0 Å². The fourth-order valence-electron chi connectivity index (χ4n) is 0.941. The number of amides is 1. The first-order chi connectivity index (χ1) is 6.74. The summed E-state index contributed by atoms with van der Waals surface area (Å²) >= 11 is 1.03. The Hall–Kier alpha value is -1.01. The maximum absolute atomic E-state index is 11.2. The minimum Gasteiger partial charge on any atom is -0.456 e. The van der Waals surface area contributed by atoms with Gasteiger partial charge in [-0.1, -0.05) is 0 Å². The summed E-state index contributed by atoms with van der Waals surface area (Å²) in [6, 6.07) is 0.473. The maximum atomic E-state index is 11.2. The van der Waals surface area contributed by atoms with Crippen LogP contribution < -0.4 is 10.0 Å². The number of hydrogen-bond acceptors (Lipinski definition) is 5. The van der Waals surface area contributed by atoms with Gasteiger partial charge < -0.3 is 10.1 Å². The van der Waals surface area contributed by atoms with E-state index in [9.17, 15) is 9.59 Å². The zero-order chi connectivity index (χ0) is 9.97. The first kappa shape index (κ1) is 9.54. The Balaban J connectivity index is 1.70. The van der Waals surface area contributed by atoms with Crippen LogP contribution in [0, 0.1) is 0 Å². The van der Waals surface area contributed by atoms with Gasteiger partial charge in [0.15, 0.2) is 0 Å². The fourth-order valence-corrected chi connectivity index (χ4v) is 1.63. The number of hydrogen-bond donors (Lipinski definition) is 2. The summed E-state index contributed by atoms with van der Waals surface area (Å²) < 4.78 is 7.62. The van der Waals surface area contributed by atoms with E-state index in [4.69, 9.17) is 0 Å². The van der Waals surface area contributed by atoms with Crippen LogP contribution in [0.25, 0.3) is 0 Å². The fraction of sp³-hybridized carbons (Fsp3) is 0.500. The van der Waals surface area contributed by atoms with Crippen LogP contribution in [0.15, 0.2) is 11.8 Å². The Morgan fingerprint density at radius 3 is 2.93 bits per heavy atom. The van der Waals surface area contributed by atoms with E-state index in [2.05, 4.69) is 14.8 Å². The quantitative estimate of drug-likeness (QED) is 0.530. The molecule has 0 radical (unpaired) electrons. The molecule has 0 spiro atoms. The van der Waals surface area contributed by atoms with E-state index in [1.807, 2.05) is 0 Å². The van der Waals surface area contributed by atoms with E-state index >= 15 is 0 Å². The molecule has 0 atom stereocenters. The molecule has 1 aliphatic carbocycles. The average molecular weight is 214 g/mol. The highest BCUT2D eigenvalue weighted by atomic mass is 32.2. The number of cyclic esters (lactones) is 1. The molecule has 1 aliphatic heterocycles. The molecular formula is C8H10N2O3S. The van der Waals surface area contributed by atoms with Gasteiger partial charge in [-0.05, 0) is 12.8 Å². The predicted molar refractivity (Wildman–Crippen MR) is 51.3 cm³/mol. The van der Waals surface area contributed by atoms with Crippen molar-refractivity contribution >= 4 is 23.2 Å². The second kappa shape index (κ2) is 4.02. The van der Waals surface area contributed by atoms with Crippen molar-refractivity contribution in [3.63, 3.8) is 0 Å². The smallest absolute Gasteiger partial charge is 0.333 e. The summed E-state index contributed by atoms with van der Waals surface area (Å²) in [5, 5.41) is 2.36. The lowest BCUT2D eigenvalue weighted by molar-refractivity contribution is -0.134. The van der Waals surface area contributed by atoms with Gasteiger partial charge in [0.2, 0.25) is 0 Å². The van der Waals surface area contributed by atoms with E-state index in [1.165, 1.54) is 6.08 Å². The molecule has 1 heterocycles. The molecule has 1 fully saturated rings. The highest BCUT2D eigenvalue weighted by molar-refractivity contribution is 8.11. The van der Waals surface area contributed by atoms with E-state index in [-0.39, 0.29) is 11.8 Å². The number of ether oxygens (including phenoxy) is 1. The largest absolute Gasteiger partial charge is 0.456 e. The van der Waals surface area contributed by atoms with Crippen molar-refractivity contribution in [1.82, 2.24) is 10.0 Å². The normalized spacial score (nSPS) is 20.3. The van der Waals surface area contributed by atoms with Crippen LogP contribution in [0.5, 0.6) is 0 Å². The molecule has 5 nitrogen and oxygen atoms in total. The lowest BCUT2D eigenvalue weighted by Gasteiger charge is -2.03. The standard InChI is InChI=1S/C8H10N2O3S/c11-7-3-6(4-13-7)9-8(12)14-10-5-1-2-5/h3,5,10H,1-2,4H2,(H,9,12). The van der Waals surface area contributed by atoms with Crippen LogP contribution in [-0.4, -0.2) is 23.9 Å². The van der Waals surface area contributed by atoms with Crippen LogP contribution in [0.2, 0.25) is 0 Å². The topological polar surface area (TPSA) is 67.4 Å². The summed E-state index contributed by atoms with van der Waals surface area (Å²) in [4.78, 5) is 21.9. The summed E-state index contributed by atoms with van der Waals surface area (Å²) in [6.45, 7) is 0.161. The van der Waals surface area contributed by atoms with Crippen molar-refractivity contribution in [2.75, 3.05) is 6.61 Å². The van der Waals surface area contributed by atoms with Crippen molar-refractivity contribution < 1.29 is 14.3 Å². The minimum absolute atomic E-state index is 0.161. The van der Waals surface area contributed by atoms with Gasteiger partial charge in [0, 0.05) is 24.1 Å². The van der Waals surface area contributed by atoms with Crippen LogP contribution >= 0.6 is 11.9 Å². The molecule has 1 saturated carbocycles. The Kier molecular flexibility index (Phi) is 2.74. The van der Waals surface area contributed by atoms with Gasteiger partial charge in [-0.2, -0.15) is 0 Å². The maximum Gasteiger partial charge on any atom is 0.333 e. The average Bonchev–Trinajstić information content (AvgIpc) is 2.88. The van der Waals surface area contributed by atoms with Crippen LogP contribution in [0.1, 0.15) is 12.8 Å². The van der Waals surface area contributed by atoms with Crippen LogP contribution in [0.3, 0.4) is 0 Å². The molecule has 2 aliphatic rings. The Labute approximate surface area is 85.4 Å². The van der Waals surface area contributed by atoms with Crippen LogP contribution in [-0.2, 0) is 9.53 Å². The number of esters is 1. The first-order valence-electron chi connectivity index (χ1n) is 4.35. The Morgan fingerprint density at radius 2 is 2.36 bits per heavy atom. The SMILES string of the molecule is O=C1C=C(NC(=O)SNC2CC2)CO1. The second-order valence-electron chi connectivity index (χ2n) is 3.18. The molecule has 14 heavy (non-hydrogen) atoms. The van der Waals surface area contributed by atoms with Gasteiger partial charge in [0.25, 0.3) is 5.24 Å². The third-order valence-corrected chi connectivity index (χ3v) is 2.56. The molecular weight excluding hydrogens is 204 g/mol. The molecule has 0 aromatic carbocycles. The van der Waals surface area contributed by atoms with Gasteiger partial charge in [-0.15, -0.1) is 0 Å². The monoisotopic (exact) mass is 214 g/mol. The number of nitrogens with one attached hydrogen (secondary N) is 2. The van der Waals surface area contributed by atoms with E-state index in [0.717, 1.165) is 24.8 Å². The zero-order valence-corrected chi connectivity index (χ0v) is 8.23. The lowest BCUT2D eigenvalue weighted by atomic mass is 10.5. The van der Waals surface area contributed by atoms with Gasteiger partial charge in [-0.25, -0.2) is 4.79 Å². The minimum atomic E-state index is -0.402. The van der Waals surface area contributed by atoms with Crippen molar-refractivity contribution in [3.8, 4) is 0 Å². The Bertz CT molecular complexity index is 299. The van der Waals surface area contributed by atoms with E-state index < -0.39 is 5.97 Å². The van der Waals surface area contributed by atoms with Gasteiger partial charge in [0.1, 0.15) is 6.61 Å². The molecule has 0 unspecified atom stereocenters. The molecule has 0 saturated heterocycles. The van der Waals surface area contributed by atoms with Crippen molar-refractivity contribution in [1.29, 1.82) is 0 Å². The van der Waals surface area contributed by atoms with Gasteiger partial charge >= 0.3 is 5.97 Å². The second-order valence-corrected chi connectivity index (χ2v) is 3.99. The molecule has 6 heteroatoms. The van der Waals surface area contributed by atoms with Crippen molar-refractivity contribution in [3.05, 3.63) is 11.8 Å². The number of rotatable bonds is 3. The summed E-state index contributed by atoms with van der Waals surface area (Å²) in [5.41, 5.74) is 0.519. The number of carbonyl (C=O) groups excluding carboxylic acids is 2. The first-order valence-corrected chi connectivity index (χ1v) is 5.16. The van der Waals surface area contributed by atoms with Gasteiger partial charge in [-0.3, -0.25) is 9.52 Å². The molecule has 0 aromatic heterocycles. The number of carbonyl (C=O) groups is 2. The molecule has 2 N–H and O–H groups in total. The van der Waals surface area contributed by atoms with Crippen LogP contribution in [0.4, 0.5) is 4.79 Å². The highest BCUT2D eigenvalue weighted by Gasteiger charge is 2.22. The highest BCUT2D eigenvalue weighted by Crippen LogP contribution is 2.21. The van der Waals surface area contributed by atoms with E-state index in [0.29, 0.717) is 11.7 Å². The molecule has 0 bridgehead atoms. The third-order valence-electron chi connectivity index (χ3n) is 1.82. The lowest BCUT2D eigenvalue weighted by Crippen LogP contribution is -2.23. The van der Waals surface area contributed by atoms with Crippen molar-refractivity contribution in [2.45, 2.75) is 18.9 Å². The molecule has 1 amide bonds. The zero-order valence-electron chi connectivity index (χ0n) is 7.41. The summed E-state index contributed by atoms with van der Waals surface area (Å²) in [7, 11) is 0. The summed E-state index contributed by atoms with van der Waals surface area (Å²) in [5.74, 6) is -0.402.